The number of hydrogen-bond acceptors (Lipinski definition) is 6. The van der Waals surface area contributed by atoms with Gasteiger partial charge in [-0.05, 0) is 18.2 Å². The van der Waals surface area contributed by atoms with E-state index in [1.165, 1.54) is 0 Å². The van der Waals surface area contributed by atoms with Crippen molar-refractivity contribution in [2.75, 3.05) is 27.9 Å². The van der Waals surface area contributed by atoms with E-state index in [9.17, 15) is 4.79 Å². The SMILES string of the molecule is COc1ccc2c(c1)O[C@H]1COc3cc(OC)c(OC)cc3[C@H]1C2=O. The van der Waals surface area contributed by atoms with E-state index >= 15 is 0 Å². The molecule has 0 bridgehead atoms. The number of ketones is 1. The lowest BCUT2D eigenvalue weighted by atomic mass is 9.82. The van der Waals surface area contributed by atoms with Gasteiger partial charge in [0.25, 0.3) is 0 Å². The van der Waals surface area contributed by atoms with Crippen molar-refractivity contribution in [1.82, 2.24) is 0 Å². The van der Waals surface area contributed by atoms with Crippen molar-refractivity contribution in [3.05, 3.63) is 41.5 Å². The predicted octanol–water partition coefficient (Wildman–Crippen LogP) is 2.83. The minimum absolute atomic E-state index is 0.00525. The zero-order valence-corrected chi connectivity index (χ0v) is 14.2. The van der Waals surface area contributed by atoms with Crippen LogP contribution in [0.2, 0.25) is 0 Å². The molecule has 4 rings (SSSR count). The van der Waals surface area contributed by atoms with E-state index in [-0.39, 0.29) is 12.4 Å². The molecular weight excluding hydrogens is 324 g/mol. The fourth-order valence-corrected chi connectivity index (χ4v) is 3.39. The van der Waals surface area contributed by atoms with E-state index in [2.05, 4.69) is 0 Å². The van der Waals surface area contributed by atoms with E-state index in [4.69, 9.17) is 23.7 Å². The van der Waals surface area contributed by atoms with Crippen LogP contribution >= 0.6 is 0 Å². The molecule has 0 aromatic heterocycles. The second-order valence-corrected chi connectivity index (χ2v) is 5.92. The molecule has 0 unspecified atom stereocenters. The van der Waals surface area contributed by atoms with Gasteiger partial charge in [0.1, 0.15) is 30.0 Å². The van der Waals surface area contributed by atoms with Gasteiger partial charge in [-0.1, -0.05) is 0 Å². The van der Waals surface area contributed by atoms with Crippen LogP contribution < -0.4 is 23.7 Å². The van der Waals surface area contributed by atoms with E-state index < -0.39 is 12.0 Å². The summed E-state index contributed by atoms with van der Waals surface area (Å²) in [6.07, 6.45) is -0.391. The van der Waals surface area contributed by atoms with Crippen molar-refractivity contribution in [3.63, 3.8) is 0 Å². The van der Waals surface area contributed by atoms with Crippen molar-refractivity contribution in [3.8, 4) is 28.7 Å². The Morgan fingerprint density at radius 3 is 2.44 bits per heavy atom. The Kier molecular flexibility index (Phi) is 3.67. The second-order valence-electron chi connectivity index (χ2n) is 5.92. The average Bonchev–Trinajstić information content (AvgIpc) is 2.66. The standard InChI is InChI=1S/C19H18O6/c1-21-10-4-5-11-14(6-10)25-17-9-24-13-8-16(23-3)15(22-2)7-12(13)18(17)19(11)20/h4-8,17-18H,9H2,1-3H3/t17-,18+/m0/s1. The minimum Gasteiger partial charge on any atom is -0.497 e. The molecule has 0 radical (unpaired) electrons. The van der Waals surface area contributed by atoms with Gasteiger partial charge >= 0.3 is 0 Å². The van der Waals surface area contributed by atoms with Crippen LogP contribution in [0.4, 0.5) is 0 Å². The molecule has 2 aromatic carbocycles. The highest BCUT2D eigenvalue weighted by molar-refractivity contribution is 6.05. The van der Waals surface area contributed by atoms with Crippen LogP contribution in [0, 0.1) is 0 Å². The van der Waals surface area contributed by atoms with Gasteiger partial charge in [-0.15, -0.1) is 0 Å². The van der Waals surface area contributed by atoms with E-state index in [0.717, 1.165) is 5.56 Å². The summed E-state index contributed by atoms with van der Waals surface area (Å²) in [5.41, 5.74) is 1.30. The average molecular weight is 342 g/mol. The Bertz CT molecular complexity index is 844. The summed E-state index contributed by atoms with van der Waals surface area (Å²) in [5.74, 6) is 2.47. The number of carbonyl (C=O) groups excluding carboxylic acids is 1. The molecule has 6 heteroatoms. The molecule has 0 saturated carbocycles. The number of rotatable bonds is 3. The normalized spacial score (nSPS) is 20.4. The first-order chi connectivity index (χ1) is 12.2. The number of methoxy groups -OCH3 is 3. The molecule has 2 aromatic rings. The largest absolute Gasteiger partial charge is 0.497 e. The maximum Gasteiger partial charge on any atom is 0.178 e. The highest BCUT2D eigenvalue weighted by Gasteiger charge is 2.43. The second kappa shape index (κ2) is 5.88. The van der Waals surface area contributed by atoms with E-state index in [1.54, 1.807) is 51.7 Å². The zero-order chi connectivity index (χ0) is 17.6. The summed E-state index contributed by atoms with van der Waals surface area (Å²) in [5, 5.41) is 0. The third kappa shape index (κ3) is 2.36. The first kappa shape index (κ1) is 15.6. The maximum absolute atomic E-state index is 13.1. The molecule has 6 nitrogen and oxygen atoms in total. The number of carbonyl (C=O) groups is 1. The van der Waals surface area contributed by atoms with Gasteiger partial charge in [-0.2, -0.15) is 0 Å². The number of ether oxygens (including phenoxy) is 5. The van der Waals surface area contributed by atoms with Crippen LogP contribution in [0.15, 0.2) is 30.3 Å². The van der Waals surface area contributed by atoms with Gasteiger partial charge in [0.2, 0.25) is 0 Å². The number of Topliss-reactive ketones (excluding diaryl/α,β-unsaturated/α-hetero) is 1. The van der Waals surface area contributed by atoms with Gasteiger partial charge < -0.3 is 23.7 Å². The lowest BCUT2D eigenvalue weighted by Crippen LogP contribution is -2.43. The quantitative estimate of drug-likeness (QED) is 0.855. The van der Waals surface area contributed by atoms with Crippen LogP contribution in [-0.4, -0.2) is 39.8 Å². The summed E-state index contributed by atoms with van der Waals surface area (Å²) in [6.45, 7) is 0.287. The van der Waals surface area contributed by atoms with Crippen LogP contribution in [0.1, 0.15) is 21.8 Å². The van der Waals surface area contributed by atoms with Crippen LogP contribution in [-0.2, 0) is 0 Å². The zero-order valence-electron chi connectivity index (χ0n) is 14.2. The molecule has 0 spiro atoms. The van der Waals surface area contributed by atoms with Gasteiger partial charge in [-0.25, -0.2) is 0 Å². The number of benzene rings is 2. The fraction of sp³-hybridized carbons (Fsp3) is 0.316. The first-order valence-electron chi connectivity index (χ1n) is 7.94. The Morgan fingerprint density at radius 1 is 0.960 bits per heavy atom. The maximum atomic E-state index is 13.1. The predicted molar refractivity (Wildman–Crippen MR) is 89.5 cm³/mol. The van der Waals surface area contributed by atoms with Gasteiger partial charge in [0, 0.05) is 17.7 Å². The van der Waals surface area contributed by atoms with Crippen molar-refractivity contribution in [1.29, 1.82) is 0 Å². The molecule has 2 atom stereocenters. The Labute approximate surface area is 145 Å². The highest BCUT2D eigenvalue weighted by atomic mass is 16.5. The Balaban J connectivity index is 1.81. The van der Waals surface area contributed by atoms with Crippen LogP contribution in [0.5, 0.6) is 28.7 Å². The fourth-order valence-electron chi connectivity index (χ4n) is 3.39. The minimum atomic E-state index is -0.440. The summed E-state index contributed by atoms with van der Waals surface area (Å²) in [6, 6.07) is 8.77. The summed E-state index contributed by atoms with van der Waals surface area (Å²) >= 11 is 0. The highest BCUT2D eigenvalue weighted by Crippen LogP contribution is 2.46. The Morgan fingerprint density at radius 2 is 1.72 bits per heavy atom. The van der Waals surface area contributed by atoms with E-state index in [1.807, 2.05) is 0 Å². The first-order valence-corrected chi connectivity index (χ1v) is 7.94. The smallest absolute Gasteiger partial charge is 0.178 e. The van der Waals surface area contributed by atoms with Crippen molar-refractivity contribution in [2.45, 2.75) is 12.0 Å². The third-order valence-electron chi connectivity index (χ3n) is 4.64. The molecule has 130 valence electrons. The molecule has 0 aliphatic carbocycles. The van der Waals surface area contributed by atoms with E-state index in [0.29, 0.717) is 34.3 Å². The topological polar surface area (TPSA) is 63.2 Å². The molecule has 0 N–H and O–H groups in total. The van der Waals surface area contributed by atoms with Crippen molar-refractivity contribution < 1.29 is 28.5 Å². The molecule has 2 aliphatic rings. The molecular formula is C19H18O6. The molecule has 2 aliphatic heterocycles. The van der Waals surface area contributed by atoms with Crippen LogP contribution in [0.25, 0.3) is 0 Å². The lowest BCUT2D eigenvalue weighted by molar-refractivity contribution is 0.0557. The summed E-state index contributed by atoms with van der Waals surface area (Å²) in [4.78, 5) is 13.1. The monoisotopic (exact) mass is 342 g/mol. The van der Waals surface area contributed by atoms with Gasteiger partial charge in [0.05, 0.1) is 32.8 Å². The Hall–Kier alpha value is -2.89. The van der Waals surface area contributed by atoms with Crippen molar-refractivity contribution in [2.24, 2.45) is 0 Å². The van der Waals surface area contributed by atoms with Gasteiger partial charge in [-0.3, -0.25) is 4.79 Å². The third-order valence-corrected chi connectivity index (χ3v) is 4.64. The molecule has 0 fully saturated rings. The van der Waals surface area contributed by atoms with Gasteiger partial charge in [0.15, 0.2) is 17.3 Å². The number of hydrogen-bond donors (Lipinski definition) is 0. The molecule has 2 heterocycles. The van der Waals surface area contributed by atoms with Crippen molar-refractivity contribution >= 4 is 5.78 Å². The number of fused-ring (bicyclic) bond motifs is 4. The lowest BCUT2D eigenvalue weighted by Gasteiger charge is -2.37. The van der Waals surface area contributed by atoms with Crippen LogP contribution in [0.3, 0.4) is 0 Å². The molecule has 0 saturated heterocycles. The summed E-state index contributed by atoms with van der Waals surface area (Å²) in [7, 11) is 4.70. The molecule has 25 heavy (non-hydrogen) atoms. The molecule has 0 amide bonds. The summed E-state index contributed by atoms with van der Waals surface area (Å²) < 4.78 is 27.7.